The van der Waals surface area contributed by atoms with Crippen LogP contribution < -0.4 is 11.1 Å². The van der Waals surface area contributed by atoms with Crippen LogP contribution in [0.5, 0.6) is 0 Å². The maximum Gasteiger partial charge on any atom is 0.329 e. The molecule has 0 saturated heterocycles. The highest BCUT2D eigenvalue weighted by molar-refractivity contribution is 5.92. The Balaban J connectivity index is 2.21. The van der Waals surface area contributed by atoms with Crippen molar-refractivity contribution in [3.63, 3.8) is 0 Å². The molecule has 5 N–H and O–H groups in total. The predicted octanol–water partition coefficient (Wildman–Crippen LogP) is 1.03. The molecule has 1 fully saturated rings. The predicted molar refractivity (Wildman–Crippen MR) is 110 cm³/mol. The summed E-state index contributed by atoms with van der Waals surface area (Å²) in [7, 11) is 0. The lowest BCUT2D eigenvalue weighted by molar-refractivity contribution is -0.206. The Morgan fingerprint density at radius 3 is 2.30 bits per heavy atom. The third-order valence-electron chi connectivity index (χ3n) is 5.34. The van der Waals surface area contributed by atoms with Crippen molar-refractivity contribution in [2.75, 3.05) is 0 Å². The van der Waals surface area contributed by atoms with Gasteiger partial charge in [0.1, 0.15) is 18.1 Å². The van der Waals surface area contributed by atoms with Crippen LogP contribution in [-0.2, 0) is 25.5 Å². The Bertz CT molecular complexity index is 728. The standard InChI is InChI=1S/C22H32N2O6/c1-14(2)12-17(22(28,29)21(23)27)19(25)24-18(13-15-8-4-3-5-9-15)20(26)30-16-10-6-7-11-16/h3-5,8-9,14,16-18,28-29H,6-7,10-13H2,1-2H3,(H2,23,27)(H,24,25)/t17?,18-/m0/s1. The molecule has 2 rings (SSSR count). The maximum atomic E-state index is 12.9. The van der Waals surface area contributed by atoms with Gasteiger partial charge in [-0.3, -0.25) is 9.59 Å². The van der Waals surface area contributed by atoms with Gasteiger partial charge in [0.25, 0.3) is 11.7 Å². The third-order valence-corrected chi connectivity index (χ3v) is 5.34. The van der Waals surface area contributed by atoms with Crippen LogP contribution in [-0.4, -0.2) is 45.9 Å². The monoisotopic (exact) mass is 420 g/mol. The van der Waals surface area contributed by atoms with Gasteiger partial charge >= 0.3 is 5.97 Å². The number of nitrogens with one attached hydrogen (secondary N) is 1. The van der Waals surface area contributed by atoms with E-state index in [1.807, 2.05) is 30.3 Å². The molecule has 0 spiro atoms. The Labute approximate surface area is 176 Å². The minimum atomic E-state index is -3.03. The number of aliphatic hydroxyl groups is 2. The number of benzene rings is 1. The summed E-state index contributed by atoms with van der Waals surface area (Å²) in [6.45, 7) is 3.54. The summed E-state index contributed by atoms with van der Waals surface area (Å²) in [6.07, 6.45) is 3.53. The highest BCUT2D eigenvalue weighted by Crippen LogP contribution is 2.24. The second kappa shape index (κ2) is 10.5. The second-order valence-electron chi connectivity index (χ2n) is 8.37. The molecule has 30 heavy (non-hydrogen) atoms. The zero-order valence-corrected chi connectivity index (χ0v) is 17.5. The number of hydrogen-bond acceptors (Lipinski definition) is 6. The molecular formula is C22H32N2O6. The van der Waals surface area contributed by atoms with E-state index in [-0.39, 0.29) is 24.9 Å². The van der Waals surface area contributed by atoms with E-state index >= 15 is 0 Å². The van der Waals surface area contributed by atoms with Gasteiger partial charge in [-0.2, -0.15) is 0 Å². The van der Waals surface area contributed by atoms with Gasteiger partial charge in [0, 0.05) is 6.42 Å². The van der Waals surface area contributed by atoms with E-state index < -0.39 is 35.5 Å². The van der Waals surface area contributed by atoms with E-state index in [2.05, 4.69) is 5.32 Å². The van der Waals surface area contributed by atoms with E-state index in [0.29, 0.717) is 0 Å². The third kappa shape index (κ3) is 6.53. The number of carbonyl (C=O) groups is 3. The lowest BCUT2D eigenvalue weighted by Crippen LogP contribution is -2.57. The summed E-state index contributed by atoms with van der Waals surface area (Å²) in [5, 5.41) is 22.9. The molecule has 8 nitrogen and oxygen atoms in total. The van der Waals surface area contributed by atoms with Crippen LogP contribution >= 0.6 is 0 Å². The van der Waals surface area contributed by atoms with Crippen molar-refractivity contribution in [3.8, 4) is 0 Å². The van der Waals surface area contributed by atoms with Crippen LogP contribution in [0.2, 0.25) is 0 Å². The van der Waals surface area contributed by atoms with Gasteiger partial charge in [-0.15, -0.1) is 0 Å². The fourth-order valence-electron chi connectivity index (χ4n) is 3.67. The molecule has 2 atom stereocenters. The van der Waals surface area contributed by atoms with Crippen molar-refractivity contribution in [1.82, 2.24) is 5.32 Å². The van der Waals surface area contributed by atoms with Crippen LogP contribution in [0.25, 0.3) is 0 Å². The molecule has 0 aliphatic heterocycles. The van der Waals surface area contributed by atoms with Crippen molar-refractivity contribution >= 4 is 17.8 Å². The second-order valence-corrected chi connectivity index (χ2v) is 8.37. The molecule has 1 aliphatic carbocycles. The Kier molecular flexibility index (Phi) is 8.37. The molecule has 0 bridgehead atoms. The summed E-state index contributed by atoms with van der Waals surface area (Å²) in [4.78, 5) is 37.3. The number of nitrogens with two attached hydrogens (primary N) is 1. The van der Waals surface area contributed by atoms with Gasteiger partial charge in [0.05, 0.1) is 0 Å². The van der Waals surface area contributed by atoms with Gasteiger partial charge in [-0.05, 0) is 43.6 Å². The molecular weight excluding hydrogens is 388 g/mol. The Hall–Kier alpha value is -2.45. The first-order valence-electron chi connectivity index (χ1n) is 10.4. The fourth-order valence-corrected chi connectivity index (χ4v) is 3.67. The van der Waals surface area contributed by atoms with E-state index in [1.54, 1.807) is 13.8 Å². The quantitative estimate of drug-likeness (QED) is 0.329. The van der Waals surface area contributed by atoms with Gasteiger partial charge in [-0.25, -0.2) is 4.79 Å². The highest BCUT2D eigenvalue weighted by Gasteiger charge is 2.46. The first-order valence-corrected chi connectivity index (χ1v) is 10.4. The molecule has 8 heteroatoms. The summed E-state index contributed by atoms with van der Waals surface area (Å²) in [5.41, 5.74) is 5.90. The van der Waals surface area contributed by atoms with Crippen LogP contribution in [0.1, 0.15) is 51.5 Å². The average molecular weight is 421 g/mol. The zero-order valence-electron chi connectivity index (χ0n) is 17.5. The average Bonchev–Trinajstić information content (AvgIpc) is 3.18. The molecule has 0 aromatic heterocycles. The van der Waals surface area contributed by atoms with Crippen molar-refractivity contribution in [3.05, 3.63) is 35.9 Å². The molecule has 1 aromatic carbocycles. The van der Waals surface area contributed by atoms with Crippen LogP contribution in [0.15, 0.2) is 30.3 Å². The molecule has 1 unspecified atom stereocenters. The van der Waals surface area contributed by atoms with Crippen molar-refractivity contribution in [1.29, 1.82) is 0 Å². The van der Waals surface area contributed by atoms with Gasteiger partial charge < -0.3 is 26.0 Å². The van der Waals surface area contributed by atoms with Gasteiger partial charge in [0.2, 0.25) is 5.91 Å². The number of hydrogen-bond donors (Lipinski definition) is 4. The molecule has 1 aliphatic rings. The van der Waals surface area contributed by atoms with Crippen molar-refractivity contribution in [2.45, 2.75) is 70.3 Å². The Morgan fingerprint density at radius 1 is 1.17 bits per heavy atom. The van der Waals surface area contributed by atoms with E-state index in [0.717, 1.165) is 31.2 Å². The summed E-state index contributed by atoms with van der Waals surface area (Å²) >= 11 is 0. The van der Waals surface area contributed by atoms with E-state index in [9.17, 15) is 24.6 Å². The molecule has 0 radical (unpaired) electrons. The first kappa shape index (κ1) is 23.8. The largest absolute Gasteiger partial charge is 0.461 e. The molecule has 2 amide bonds. The first-order chi connectivity index (χ1) is 14.1. The van der Waals surface area contributed by atoms with Crippen LogP contribution in [0.3, 0.4) is 0 Å². The van der Waals surface area contributed by atoms with Crippen LogP contribution in [0, 0.1) is 11.8 Å². The smallest absolute Gasteiger partial charge is 0.329 e. The lowest BCUT2D eigenvalue weighted by atomic mass is 9.87. The summed E-state index contributed by atoms with van der Waals surface area (Å²) in [5.74, 6) is -7.51. The summed E-state index contributed by atoms with van der Waals surface area (Å²) in [6, 6.07) is 8.08. The Morgan fingerprint density at radius 2 is 1.77 bits per heavy atom. The zero-order chi connectivity index (χ0) is 22.3. The van der Waals surface area contributed by atoms with Gasteiger partial charge in [-0.1, -0.05) is 44.2 Å². The number of primary amides is 1. The van der Waals surface area contributed by atoms with E-state index in [4.69, 9.17) is 10.5 Å². The molecule has 166 valence electrons. The highest BCUT2D eigenvalue weighted by atomic mass is 16.5. The van der Waals surface area contributed by atoms with E-state index in [1.165, 1.54) is 0 Å². The fraction of sp³-hybridized carbons (Fsp3) is 0.591. The van der Waals surface area contributed by atoms with Crippen molar-refractivity contribution in [2.24, 2.45) is 17.6 Å². The lowest BCUT2D eigenvalue weighted by Gasteiger charge is -2.30. The summed E-state index contributed by atoms with van der Waals surface area (Å²) < 4.78 is 5.57. The molecule has 1 aromatic rings. The minimum Gasteiger partial charge on any atom is -0.461 e. The minimum absolute atomic E-state index is 0.00248. The topological polar surface area (TPSA) is 139 Å². The number of esters is 1. The van der Waals surface area contributed by atoms with Crippen LogP contribution in [0.4, 0.5) is 0 Å². The number of ether oxygens (including phenoxy) is 1. The molecule has 0 heterocycles. The number of amides is 2. The SMILES string of the molecule is CC(C)CC(C(=O)N[C@@H](Cc1ccccc1)C(=O)OC1CCCC1)C(O)(O)C(N)=O. The normalized spacial score (nSPS) is 16.8. The maximum absolute atomic E-state index is 12.9. The molecule has 1 saturated carbocycles. The van der Waals surface area contributed by atoms with Crippen molar-refractivity contribution < 1.29 is 29.3 Å². The van der Waals surface area contributed by atoms with Gasteiger partial charge in [0.15, 0.2) is 0 Å². The number of rotatable bonds is 10. The number of carbonyl (C=O) groups excluding carboxylic acids is 3.